The van der Waals surface area contributed by atoms with Crippen molar-refractivity contribution < 1.29 is 25.8 Å². The van der Waals surface area contributed by atoms with E-state index in [2.05, 4.69) is 11.1 Å². The number of hydrogen-bond donors (Lipinski definition) is 0. The fourth-order valence-corrected chi connectivity index (χ4v) is 1.33. The number of rotatable bonds is 2. The van der Waals surface area contributed by atoms with E-state index >= 15 is 0 Å². The van der Waals surface area contributed by atoms with Crippen LogP contribution >= 0.6 is 0 Å². The van der Waals surface area contributed by atoms with Gasteiger partial charge in [-0.2, -0.15) is 35.9 Å². The molecule has 1 aromatic heterocycles. The van der Waals surface area contributed by atoms with Crippen LogP contribution < -0.4 is 0 Å². The largest absolute Gasteiger partial charge is 0.257 e. The van der Waals surface area contributed by atoms with Gasteiger partial charge >= 0.3 is 0 Å². The first kappa shape index (κ1) is 12.3. The molecule has 0 unspecified atom stereocenters. The summed E-state index contributed by atoms with van der Waals surface area (Å²) in [7, 11) is 0. The van der Waals surface area contributed by atoms with Gasteiger partial charge in [0, 0.05) is 44.2 Å². The molecule has 1 aromatic carbocycles. The second-order valence-corrected chi connectivity index (χ2v) is 3.12. The summed E-state index contributed by atoms with van der Waals surface area (Å²) >= 11 is 0. The van der Waals surface area contributed by atoms with Crippen LogP contribution in [0.2, 0.25) is 0 Å². The zero-order valence-corrected chi connectivity index (χ0v) is 10.2. The van der Waals surface area contributed by atoms with E-state index in [0.29, 0.717) is 5.69 Å². The predicted octanol–water partition coefficient (Wildman–Crippen LogP) is 2.53. The molecule has 0 fully saturated rings. The Morgan fingerprint density at radius 3 is 2.67 bits per heavy atom. The molecule has 2 aromatic rings. The molecule has 0 aliphatic carbocycles. The molecule has 15 heavy (non-hydrogen) atoms. The minimum atomic E-state index is 0. The fourth-order valence-electron chi connectivity index (χ4n) is 1.33. The molecule has 1 nitrogen and oxygen atoms in total. The Balaban J connectivity index is 0.00000112. The van der Waals surface area contributed by atoms with E-state index in [-0.39, 0.29) is 25.8 Å². The van der Waals surface area contributed by atoms with Crippen molar-refractivity contribution >= 4 is 0 Å². The molecule has 2 rings (SSSR count). The molecule has 0 saturated carbocycles. The number of pyridine rings is 1. The van der Waals surface area contributed by atoms with Gasteiger partial charge in [-0.15, -0.1) is 0 Å². The van der Waals surface area contributed by atoms with Crippen LogP contribution in [-0.4, -0.2) is 4.98 Å². The van der Waals surface area contributed by atoms with Gasteiger partial charge in [-0.05, 0) is 18.6 Å². The molecule has 0 aliphatic rings. The minimum absolute atomic E-state index is 0. The zero-order valence-electron chi connectivity index (χ0n) is 8.35. The Labute approximate surface area is 109 Å². The Morgan fingerprint density at radius 2 is 2.00 bits per heavy atom. The summed E-state index contributed by atoms with van der Waals surface area (Å²) in [6, 6.07) is 16.7. The third-order valence-electron chi connectivity index (χ3n) is 1.97. The maximum Gasteiger partial charge on any atom is 0.0451 e. The molecule has 2 heteroatoms. The minimum Gasteiger partial charge on any atom is -0.257 e. The molecule has 0 aliphatic heterocycles. The topological polar surface area (TPSA) is 12.9 Å². The van der Waals surface area contributed by atoms with Crippen LogP contribution in [0, 0.1) is 13.0 Å². The Hall–Kier alpha value is -0.760. The van der Waals surface area contributed by atoms with E-state index in [1.54, 1.807) is 6.07 Å². The number of hydrogen-bond acceptors (Lipinski definition) is 1. The van der Waals surface area contributed by atoms with Crippen molar-refractivity contribution in [3.63, 3.8) is 0 Å². The SMILES string of the molecule is [CH]c1cccc(Cc2[c-]cccc2)n1.[Sc]. The molecule has 0 saturated heterocycles. The quantitative estimate of drug-likeness (QED) is 0.716. The summed E-state index contributed by atoms with van der Waals surface area (Å²) in [5.41, 5.74) is 2.68. The molecule has 0 amide bonds. The average Bonchev–Trinajstić information content (AvgIpc) is 2.19. The van der Waals surface area contributed by atoms with E-state index in [1.165, 1.54) is 0 Å². The Kier molecular flexibility index (Phi) is 4.89. The molecule has 0 bridgehead atoms. The van der Waals surface area contributed by atoms with E-state index in [4.69, 9.17) is 6.92 Å². The summed E-state index contributed by atoms with van der Waals surface area (Å²) in [6.07, 6.45) is 0.784. The van der Waals surface area contributed by atoms with Gasteiger partial charge in [-0.3, -0.25) is 4.98 Å². The second-order valence-electron chi connectivity index (χ2n) is 3.12. The molecule has 71 valence electrons. The van der Waals surface area contributed by atoms with Crippen molar-refractivity contribution in [2.75, 3.05) is 0 Å². The monoisotopic (exact) mass is 225 g/mol. The molecule has 0 N–H and O–H groups in total. The van der Waals surface area contributed by atoms with Crippen LogP contribution in [0.3, 0.4) is 0 Å². The Morgan fingerprint density at radius 1 is 1.13 bits per heavy atom. The van der Waals surface area contributed by atoms with Crippen LogP contribution in [0.15, 0.2) is 42.5 Å². The van der Waals surface area contributed by atoms with Gasteiger partial charge in [0.25, 0.3) is 0 Å². The van der Waals surface area contributed by atoms with E-state index < -0.39 is 0 Å². The standard InChI is InChI=1S/C13H10N.Sc/c1-11-6-5-9-13(14-11)10-12-7-3-2-4-8-12;/h1-7,9H,10H2;/q-1;. The predicted molar refractivity (Wildman–Crippen MR) is 55.7 cm³/mol. The van der Waals surface area contributed by atoms with Crippen LogP contribution in [-0.2, 0) is 32.3 Å². The van der Waals surface area contributed by atoms with Gasteiger partial charge in [0.15, 0.2) is 0 Å². The first-order chi connectivity index (χ1) is 6.84. The van der Waals surface area contributed by atoms with Crippen LogP contribution in [0.5, 0.6) is 0 Å². The third-order valence-corrected chi connectivity index (χ3v) is 1.97. The van der Waals surface area contributed by atoms with E-state index in [1.807, 2.05) is 36.4 Å². The third kappa shape index (κ3) is 3.71. The van der Waals surface area contributed by atoms with Crippen LogP contribution in [0.25, 0.3) is 0 Å². The molecular weight excluding hydrogens is 215 g/mol. The number of nitrogens with zero attached hydrogens (tertiary/aromatic N) is 1. The molecule has 0 atom stereocenters. The van der Waals surface area contributed by atoms with Crippen molar-refractivity contribution in [3.05, 3.63) is 72.4 Å². The van der Waals surface area contributed by atoms with Gasteiger partial charge < -0.3 is 0 Å². The Bertz CT molecular complexity index is 412. The molecular formula is C13H10NSc-. The summed E-state index contributed by atoms with van der Waals surface area (Å²) in [5, 5.41) is 0. The molecule has 1 heterocycles. The van der Waals surface area contributed by atoms with Crippen molar-refractivity contribution in [2.45, 2.75) is 6.42 Å². The first-order valence-corrected chi connectivity index (χ1v) is 4.51. The average molecular weight is 225 g/mol. The van der Waals surface area contributed by atoms with E-state index in [9.17, 15) is 0 Å². The smallest absolute Gasteiger partial charge is 0.0451 e. The van der Waals surface area contributed by atoms with Crippen molar-refractivity contribution in [1.29, 1.82) is 0 Å². The van der Waals surface area contributed by atoms with Crippen LogP contribution in [0.4, 0.5) is 0 Å². The van der Waals surface area contributed by atoms with Crippen LogP contribution in [0.1, 0.15) is 17.0 Å². The summed E-state index contributed by atoms with van der Waals surface area (Å²) in [5.74, 6) is 0. The zero-order chi connectivity index (χ0) is 9.80. The van der Waals surface area contributed by atoms with Gasteiger partial charge in [0.05, 0.1) is 0 Å². The van der Waals surface area contributed by atoms with E-state index in [0.717, 1.165) is 17.7 Å². The maximum absolute atomic E-state index is 5.59. The maximum atomic E-state index is 5.59. The molecule has 3 radical (unpaired) electrons. The normalized spacial score (nSPS) is 9.40. The van der Waals surface area contributed by atoms with Gasteiger partial charge in [-0.1, -0.05) is 6.07 Å². The van der Waals surface area contributed by atoms with Crippen molar-refractivity contribution in [3.8, 4) is 0 Å². The summed E-state index contributed by atoms with van der Waals surface area (Å²) in [4.78, 5) is 4.23. The fraction of sp³-hybridized carbons (Fsp3) is 0.0769. The molecule has 0 spiro atoms. The number of aromatic nitrogens is 1. The van der Waals surface area contributed by atoms with Crippen molar-refractivity contribution in [1.82, 2.24) is 4.98 Å². The first-order valence-electron chi connectivity index (χ1n) is 4.51. The number of benzene rings is 1. The van der Waals surface area contributed by atoms with Gasteiger partial charge in [-0.25, -0.2) is 0 Å². The van der Waals surface area contributed by atoms with Gasteiger partial charge in [0.2, 0.25) is 0 Å². The van der Waals surface area contributed by atoms with Gasteiger partial charge in [0.1, 0.15) is 0 Å². The summed E-state index contributed by atoms with van der Waals surface area (Å²) in [6.45, 7) is 5.59. The summed E-state index contributed by atoms with van der Waals surface area (Å²) < 4.78 is 0. The second kappa shape index (κ2) is 5.96. The van der Waals surface area contributed by atoms with Crippen molar-refractivity contribution in [2.24, 2.45) is 0 Å².